The van der Waals surface area contributed by atoms with Gasteiger partial charge in [-0.3, -0.25) is 4.79 Å². The molecular formula is C48H72O15. The zero-order chi connectivity index (χ0) is 45.5. The third-order valence-corrected chi connectivity index (χ3v) is 14.8. The van der Waals surface area contributed by atoms with Crippen molar-refractivity contribution < 1.29 is 72.3 Å². The van der Waals surface area contributed by atoms with Gasteiger partial charge in [0.15, 0.2) is 30.1 Å². The lowest BCUT2D eigenvalue weighted by molar-refractivity contribution is -0.340. The van der Waals surface area contributed by atoms with Crippen LogP contribution in [0.25, 0.3) is 0 Å². The van der Waals surface area contributed by atoms with Crippen LogP contribution in [0.4, 0.5) is 0 Å². The molecule has 7 rings (SSSR count). The quantitative estimate of drug-likeness (QED) is 0.215. The fourth-order valence-electron chi connectivity index (χ4n) is 10.9. The number of aliphatic hydroxyl groups is 3. The second-order valence-electron chi connectivity index (χ2n) is 19.3. The molecule has 0 saturated carbocycles. The Balaban J connectivity index is 1.19. The van der Waals surface area contributed by atoms with Crippen molar-refractivity contribution in [2.24, 2.45) is 23.7 Å². The molecule has 0 aromatic carbocycles. The molecule has 5 fully saturated rings. The highest BCUT2D eigenvalue weighted by Crippen LogP contribution is 2.48. The van der Waals surface area contributed by atoms with Crippen LogP contribution < -0.4 is 0 Å². The zero-order valence-corrected chi connectivity index (χ0v) is 38.7. The Labute approximate surface area is 372 Å². The van der Waals surface area contributed by atoms with Crippen LogP contribution in [-0.2, 0) is 57.0 Å². The van der Waals surface area contributed by atoms with Crippen molar-refractivity contribution in [3.05, 3.63) is 47.1 Å². The molecule has 3 N–H and O–H groups in total. The van der Waals surface area contributed by atoms with Crippen molar-refractivity contribution in [1.82, 2.24) is 0 Å². The molecule has 2 bridgehead atoms. The molecule has 15 heteroatoms. The summed E-state index contributed by atoms with van der Waals surface area (Å²) in [5.74, 6) is -3.57. The standard InChI is InChI=1S/C48H72O15/c1-11-24(2)42-27(5)17-18-47(63-42)23-32-20-31(62-47)16-15-26(4)41(59-38-22-36(55-10)43(30(8)57-38)60-37-21-35(54-9)40(50)29(7)56-37)25(3)13-12-14-33-45(51)61-44-39(49)28(6)19-34(46(52)58-32)48(33,44)53/h12-15,19,24-25,27,29-32,34-44,49-50,53H,11,16-18,20-23H2,1-10H3/b13-12-,26-15-,33-14?. The summed E-state index contributed by atoms with van der Waals surface area (Å²) in [4.78, 5) is 27.9. The molecule has 0 radical (unpaired) electrons. The lowest BCUT2D eigenvalue weighted by Crippen LogP contribution is -2.58. The molecule has 0 aromatic heterocycles. The number of allylic oxidation sites excluding steroid dienone is 2. The van der Waals surface area contributed by atoms with Gasteiger partial charge >= 0.3 is 11.9 Å². The normalized spacial score (nSPS) is 47.9. The number of ether oxygens (including phenoxy) is 10. The zero-order valence-electron chi connectivity index (χ0n) is 38.7. The average molecular weight is 889 g/mol. The van der Waals surface area contributed by atoms with Crippen LogP contribution in [0, 0.1) is 23.7 Å². The van der Waals surface area contributed by atoms with Crippen molar-refractivity contribution in [1.29, 1.82) is 0 Å². The van der Waals surface area contributed by atoms with Gasteiger partial charge in [0.1, 0.15) is 30.3 Å². The van der Waals surface area contributed by atoms with Crippen LogP contribution in [-0.4, -0.2) is 139 Å². The Morgan fingerprint density at radius 2 is 1.59 bits per heavy atom. The fraction of sp³-hybridized carbons (Fsp3) is 0.792. The number of rotatable bonds is 8. The highest BCUT2D eigenvalue weighted by Gasteiger charge is 2.64. The number of carbonyl (C=O) groups is 2. The molecule has 7 aliphatic rings. The number of methoxy groups -OCH3 is 2. The van der Waals surface area contributed by atoms with Crippen LogP contribution in [0.5, 0.6) is 0 Å². The van der Waals surface area contributed by atoms with E-state index in [-0.39, 0.29) is 23.5 Å². The lowest BCUT2D eigenvalue weighted by atomic mass is 9.70. The summed E-state index contributed by atoms with van der Waals surface area (Å²) in [5.41, 5.74) is -1.05. The molecule has 6 aliphatic heterocycles. The van der Waals surface area contributed by atoms with Crippen LogP contribution in [0.15, 0.2) is 47.1 Å². The SMILES string of the molecule is CCC(C)C1OC2(CCC1C)CC1CC(C/C=C(/C)C(OC3CC(OC)C(OC4CC(OC)C(O)C(C)O4)C(C)O3)C(C)/C=C\C=C3C(=O)OC4C(O)C(C)=CC(C(=O)O1)C34O)O2. The number of aliphatic hydroxyl groups excluding tert-OH is 2. The second-order valence-corrected chi connectivity index (χ2v) is 19.3. The molecule has 20 unspecified atom stereocenters. The first-order valence-corrected chi connectivity index (χ1v) is 23.2. The molecule has 354 valence electrons. The Bertz CT molecular complexity index is 1760. The minimum Gasteiger partial charge on any atom is -0.462 e. The molecule has 6 heterocycles. The molecule has 1 aliphatic carbocycles. The van der Waals surface area contributed by atoms with Crippen LogP contribution in [0.1, 0.15) is 107 Å². The minimum absolute atomic E-state index is 0.0478. The van der Waals surface area contributed by atoms with Crippen molar-refractivity contribution in [3.8, 4) is 0 Å². The Hall–Kier alpha value is -2.54. The van der Waals surface area contributed by atoms with Gasteiger partial charge in [-0.1, -0.05) is 58.4 Å². The van der Waals surface area contributed by atoms with E-state index in [2.05, 4.69) is 26.8 Å². The monoisotopic (exact) mass is 888 g/mol. The summed E-state index contributed by atoms with van der Waals surface area (Å²) in [5, 5.41) is 34.2. The highest BCUT2D eigenvalue weighted by molar-refractivity contribution is 5.97. The maximum absolute atomic E-state index is 14.4. The summed E-state index contributed by atoms with van der Waals surface area (Å²) in [6.45, 7) is 15.9. The van der Waals surface area contributed by atoms with E-state index in [1.165, 1.54) is 12.2 Å². The molecule has 63 heavy (non-hydrogen) atoms. The molecule has 20 atom stereocenters. The van der Waals surface area contributed by atoms with Crippen molar-refractivity contribution in [2.45, 2.75) is 204 Å². The third-order valence-electron chi connectivity index (χ3n) is 14.8. The summed E-state index contributed by atoms with van der Waals surface area (Å²) < 4.78 is 63.2. The van der Waals surface area contributed by atoms with E-state index in [4.69, 9.17) is 47.4 Å². The highest BCUT2D eigenvalue weighted by atomic mass is 16.7. The Morgan fingerprint density at radius 3 is 2.30 bits per heavy atom. The fourth-order valence-corrected chi connectivity index (χ4v) is 10.9. The Kier molecular flexibility index (Phi) is 15.2. The van der Waals surface area contributed by atoms with E-state index >= 15 is 0 Å². The van der Waals surface area contributed by atoms with E-state index in [0.717, 1.165) is 18.4 Å². The number of carbonyl (C=O) groups excluding carboxylic acids is 2. The predicted molar refractivity (Wildman–Crippen MR) is 228 cm³/mol. The maximum Gasteiger partial charge on any atom is 0.337 e. The summed E-state index contributed by atoms with van der Waals surface area (Å²) >= 11 is 0. The molecule has 5 saturated heterocycles. The topological polar surface area (TPSA) is 187 Å². The number of hydrogen-bond donors (Lipinski definition) is 3. The number of esters is 2. The Morgan fingerprint density at radius 1 is 0.889 bits per heavy atom. The summed E-state index contributed by atoms with van der Waals surface area (Å²) in [7, 11) is 3.19. The van der Waals surface area contributed by atoms with E-state index in [1.807, 2.05) is 26.8 Å². The van der Waals surface area contributed by atoms with Gasteiger partial charge in [0.2, 0.25) is 0 Å². The van der Waals surface area contributed by atoms with Gasteiger partial charge in [0.05, 0.1) is 48.3 Å². The van der Waals surface area contributed by atoms with Gasteiger partial charge in [-0.25, -0.2) is 4.79 Å². The van der Waals surface area contributed by atoms with Crippen molar-refractivity contribution in [2.75, 3.05) is 14.2 Å². The largest absolute Gasteiger partial charge is 0.462 e. The number of fused-ring (bicyclic) bond motifs is 2. The third kappa shape index (κ3) is 9.81. The minimum atomic E-state index is -2.20. The van der Waals surface area contributed by atoms with Gasteiger partial charge in [0.25, 0.3) is 0 Å². The van der Waals surface area contributed by atoms with E-state index in [1.54, 1.807) is 34.1 Å². The molecular weight excluding hydrogens is 817 g/mol. The van der Waals surface area contributed by atoms with Crippen LogP contribution >= 0.6 is 0 Å². The van der Waals surface area contributed by atoms with Crippen LogP contribution in [0.2, 0.25) is 0 Å². The molecule has 0 amide bonds. The molecule has 0 aromatic rings. The van der Waals surface area contributed by atoms with Crippen LogP contribution in [0.3, 0.4) is 0 Å². The first-order chi connectivity index (χ1) is 29.9. The van der Waals surface area contributed by atoms with E-state index < -0.39 is 109 Å². The van der Waals surface area contributed by atoms with Gasteiger partial charge in [0, 0.05) is 52.2 Å². The number of hydrogen-bond acceptors (Lipinski definition) is 15. The van der Waals surface area contributed by atoms with Gasteiger partial charge < -0.3 is 62.7 Å². The van der Waals surface area contributed by atoms with Gasteiger partial charge in [-0.2, -0.15) is 0 Å². The summed E-state index contributed by atoms with van der Waals surface area (Å²) in [6.07, 6.45) is 4.12. The van der Waals surface area contributed by atoms with Crippen molar-refractivity contribution >= 4 is 11.9 Å². The first kappa shape index (κ1) is 48.4. The smallest absolute Gasteiger partial charge is 0.337 e. The van der Waals surface area contributed by atoms with Gasteiger partial charge in [-0.05, 0) is 69.6 Å². The van der Waals surface area contributed by atoms with E-state index in [0.29, 0.717) is 50.0 Å². The molecule has 15 nitrogen and oxygen atoms in total. The van der Waals surface area contributed by atoms with Crippen molar-refractivity contribution in [3.63, 3.8) is 0 Å². The first-order valence-electron chi connectivity index (χ1n) is 23.2. The average Bonchev–Trinajstić information content (AvgIpc) is 3.51. The maximum atomic E-state index is 14.4. The predicted octanol–water partition coefficient (Wildman–Crippen LogP) is 5.13. The van der Waals surface area contributed by atoms with Gasteiger partial charge in [-0.15, -0.1) is 0 Å². The lowest BCUT2D eigenvalue weighted by Gasteiger charge is -2.51. The summed E-state index contributed by atoms with van der Waals surface area (Å²) in [6, 6.07) is 0. The molecule has 1 spiro atoms. The van der Waals surface area contributed by atoms with E-state index in [9.17, 15) is 24.9 Å². The second kappa shape index (κ2) is 19.7.